The van der Waals surface area contributed by atoms with Crippen LogP contribution in [0.15, 0.2) is 0 Å². The fourth-order valence-electron chi connectivity index (χ4n) is 0.480. The first-order chi connectivity index (χ1) is 4.98. The lowest BCUT2D eigenvalue weighted by Crippen LogP contribution is -1.94. The van der Waals surface area contributed by atoms with Gasteiger partial charge < -0.3 is 4.52 Å². The van der Waals surface area contributed by atoms with Crippen molar-refractivity contribution in [3.63, 3.8) is 0 Å². The van der Waals surface area contributed by atoms with Crippen LogP contribution in [0.2, 0.25) is 0 Å². The molecule has 0 heterocycles. The Labute approximate surface area is 76.9 Å². The second kappa shape index (κ2) is 5.31. The Bertz CT molecular complexity index is 181. The monoisotopic (exact) mass is 212 g/mol. The number of rotatable bonds is 5. The lowest BCUT2D eigenvalue weighted by molar-refractivity contribution is -0.114. The van der Waals surface area contributed by atoms with Gasteiger partial charge in [-0.3, -0.25) is 4.79 Å². The number of hydrogen-bond acceptors (Lipinski definition) is 4. The maximum Gasteiger partial charge on any atom is 0.140 e. The van der Waals surface area contributed by atoms with Crippen LogP contribution in [0.3, 0.4) is 0 Å². The molecular formula is C6H13O2PS2. The summed E-state index contributed by atoms with van der Waals surface area (Å²) in [5.41, 5.74) is -1.72. The maximum atomic E-state index is 10.6. The van der Waals surface area contributed by atoms with E-state index in [1.165, 1.54) is 11.4 Å². The Kier molecular flexibility index (Phi) is 5.61. The van der Waals surface area contributed by atoms with Gasteiger partial charge in [-0.15, -0.1) is 0 Å². The van der Waals surface area contributed by atoms with E-state index in [0.29, 0.717) is 12.4 Å². The predicted molar refractivity (Wildman–Crippen MR) is 55.0 cm³/mol. The first-order valence-electron chi connectivity index (χ1n) is 3.34. The van der Waals surface area contributed by atoms with Gasteiger partial charge in [0.2, 0.25) is 0 Å². The molecule has 5 heteroatoms. The molecule has 0 spiro atoms. The van der Waals surface area contributed by atoms with Crippen LogP contribution < -0.4 is 0 Å². The van der Waals surface area contributed by atoms with Crippen molar-refractivity contribution in [3.8, 4) is 0 Å². The SMILES string of the molecule is CCOP(C)(=S)SCC(C)=O. The van der Waals surface area contributed by atoms with Crippen molar-refractivity contribution in [2.75, 3.05) is 19.0 Å². The van der Waals surface area contributed by atoms with Crippen LogP contribution >= 0.6 is 16.8 Å². The first kappa shape index (κ1) is 11.6. The number of ketones is 1. The third kappa shape index (κ3) is 7.01. The van der Waals surface area contributed by atoms with Crippen LogP contribution in [0, 0.1) is 0 Å². The highest BCUT2D eigenvalue weighted by Gasteiger charge is 2.10. The van der Waals surface area contributed by atoms with E-state index in [-0.39, 0.29) is 5.78 Å². The van der Waals surface area contributed by atoms with Crippen LogP contribution in [0.5, 0.6) is 0 Å². The van der Waals surface area contributed by atoms with Gasteiger partial charge in [-0.05, 0) is 20.5 Å². The van der Waals surface area contributed by atoms with Crippen molar-refractivity contribution < 1.29 is 9.32 Å². The molecule has 1 unspecified atom stereocenters. The average molecular weight is 212 g/mol. The van der Waals surface area contributed by atoms with E-state index < -0.39 is 5.47 Å². The maximum absolute atomic E-state index is 10.6. The highest BCUT2D eigenvalue weighted by Crippen LogP contribution is 2.56. The van der Waals surface area contributed by atoms with Crippen LogP contribution in [-0.2, 0) is 21.1 Å². The molecule has 0 aromatic heterocycles. The second-order valence-corrected chi connectivity index (χ2v) is 10.2. The topological polar surface area (TPSA) is 26.3 Å². The minimum absolute atomic E-state index is 0.158. The molecule has 11 heavy (non-hydrogen) atoms. The molecule has 66 valence electrons. The van der Waals surface area contributed by atoms with Crippen molar-refractivity contribution in [1.82, 2.24) is 0 Å². The quantitative estimate of drug-likeness (QED) is 0.653. The first-order valence-corrected chi connectivity index (χ1v) is 8.10. The molecular weight excluding hydrogens is 199 g/mol. The molecule has 0 bridgehead atoms. The van der Waals surface area contributed by atoms with E-state index in [2.05, 4.69) is 0 Å². The molecule has 0 N–H and O–H groups in total. The summed E-state index contributed by atoms with van der Waals surface area (Å²) in [4.78, 5) is 10.6. The van der Waals surface area contributed by atoms with Gasteiger partial charge in [0.05, 0.1) is 5.75 Å². The van der Waals surface area contributed by atoms with Crippen LogP contribution in [-0.4, -0.2) is 24.8 Å². The summed E-state index contributed by atoms with van der Waals surface area (Å²) in [7, 11) is 0. The summed E-state index contributed by atoms with van der Waals surface area (Å²) in [5, 5.41) is 0. The summed E-state index contributed by atoms with van der Waals surface area (Å²) in [5.74, 6) is 0.638. The summed E-state index contributed by atoms with van der Waals surface area (Å²) in [6.07, 6.45) is 0. The summed E-state index contributed by atoms with van der Waals surface area (Å²) >= 11 is 6.63. The normalized spacial score (nSPS) is 15.9. The van der Waals surface area contributed by atoms with Crippen molar-refractivity contribution in [2.45, 2.75) is 13.8 Å². The fourth-order valence-corrected chi connectivity index (χ4v) is 4.02. The van der Waals surface area contributed by atoms with E-state index in [1.54, 1.807) is 6.92 Å². The standard InChI is InChI=1S/C6H13O2PS2/c1-4-8-9(3,10)11-5-6(2)7/h4-5H2,1-3H3. The lowest BCUT2D eigenvalue weighted by atomic mass is 10.5. The number of hydrogen-bond donors (Lipinski definition) is 0. The van der Waals surface area contributed by atoms with Crippen molar-refractivity contribution >= 4 is 34.4 Å². The molecule has 0 aliphatic rings. The molecule has 0 aliphatic heterocycles. The second-order valence-electron chi connectivity index (χ2n) is 2.16. The zero-order valence-corrected chi connectivity index (χ0v) is 9.52. The largest absolute Gasteiger partial charge is 0.342 e. The van der Waals surface area contributed by atoms with E-state index in [0.717, 1.165) is 0 Å². The van der Waals surface area contributed by atoms with E-state index >= 15 is 0 Å². The highest BCUT2D eigenvalue weighted by atomic mass is 32.9. The third-order valence-corrected chi connectivity index (χ3v) is 5.97. The predicted octanol–water partition coefficient (Wildman–Crippen LogP) is 2.28. The fraction of sp³-hybridized carbons (Fsp3) is 0.833. The molecule has 0 rings (SSSR count). The van der Waals surface area contributed by atoms with E-state index in [1.807, 2.05) is 13.6 Å². The Morgan fingerprint density at radius 2 is 2.27 bits per heavy atom. The summed E-state index contributed by atoms with van der Waals surface area (Å²) < 4.78 is 5.32. The highest BCUT2D eigenvalue weighted by molar-refractivity contribution is 8.69. The van der Waals surface area contributed by atoms with Crippen molar-refractivity contribution in [3.05, 3.63) is 0 Å². The van der Waals surface area contributed by atoms with Crippen LogP contribution in [0.1, 0.15) is 13.8 Å². The van der Waals surface area contributed by atoms with E-state index in [9.17, 15) is 4.79 Å². The molecule has 0 amide bonds. The molecule has 2 nitrogen and oxygen atoms in total. The molecule has 0 aliphatic carbocycles. The third-order valence-electron chi connectivity index (χ3n) is 0.866. The van der Waals surface area contributed by atoms with Crippen LogP contribution in [0.4, 0.5) is 0 Å². The average Bonchev–Trinajstić information content (AvgIpc) is 1.84. The van der Waals surface area contributed by atoms with Crippen molar-refractivity contribution in [2.24, 2.45) is 0 Å². The van der Waals surface area contributed by atoms with Gasteiger partial charge in [0.1, 0.15) is 11.2 Å². The van der Waals surface area contributed by atoms with Gasteiger partial charge in [-0.1, -0.05) is 23.2 Å². The molecule has 0 fully saturated rings. The molecule has 0 saturated heterocycles. The lowest BCUT2D eigenvalue weighted by Gasteiger charge is -2.13. The molecule has 0 radical (unpaired) electrons. The molecule has 0 aromatic carbocycles. The number of carbonyl (C=O) groups excluding carboxylic acids is 1. The molecule has 0 aromatic rings. The van der Waals surface area contributed by atoms with Crippen LogP contribution in [0.25, 0.3) is 0 Å². The van der Waals surface area contributed by atoms with Gasteiger partial charge in [-0.25, -0.2) is 0 Å². The van der Waals surface area contributed by atoms with E-state index in [4.69, 9.17) is 16.3 Å². The van der Waals surface area contributed by atoms with Gasteiger partial charge in [0.15, 0.2) is 0 Å². The summed E-state index contributed by atoms with van der Waals surface area (Å²) in [6.45, 7) is 6.02. The van der Waals surface area contributed by atoms with Gasteiger partial charge >= 0.3 is 0 Å². The Morgan fingerprint density at radius 1 is 1.73 bits per heavy atom. The minimum Gasteiger partial charge on any atom is -0.342 e. The van der Waals surface area contributed by atoms with Crippen molar-refractivity contribution in [1.29, 1.82) is 0 Å². The number of Topliss-reactive ketones (excluding diaryl/α,β-unsaturated/α-hetero) is 1. The van der Waals surface area contributed by atoms with Gasteiger partial charge in [-0.2, -0.15) is 0 Å². The van der Waals surface area contributed by atoms with Gasteiger partial charge in [0.25, 0.3) is 0 Å². The Balaban J connectivity index is 3.73. The Hall–Kier alpha value is 0.630. The zero-order chi connectivity index (χ0) is 8.91. The Morgan fingerprint density at radius 3 is 2.64 bits per heavy atom. The van der Waals surface area contributed by atoms with Gasteiger partial charge in [0, 0.05) is 6.61 Å². The smallest absolute Gasteiger partial charge is 0.140 e. The molecule has 0 saturated carbocycles. The minimum atomic E-state index is -1.72. The zero-order valence-electron chi connectivity index (χ0n) is 6.99. The summed E-state index contributed by atoms with van der Waals surface area (Å²) in [6, 6.07) is 0. The molecule has 1 atom stereocenters. The number of carbonyl (C=O) groups is 1.